The number of aromatic nitrogens is 6. The second kappa shape index (κ2) is 8.24. The average molecular weight is 473 g/mol. The molecule has 10 nitrogen and oxygen atoms in total. The van der Waals surface area contributed by atoms with E-state index in [0.29, 0.717) is 22.5 Å². The van der Waals surface area contributed by atoms with Gasteiger partial charge in [0.25, 0.3) is 0 Å². The van der Waals surface area contributed by atoms with E-state index in [4.69, 9.17) is 0 Å². The Hall–Kier alpha value is -4.30. The van der Waals surface area contributed by atoms with Crippen molar-refractivity contribution in [2.75, 3.05) is 18.6 Å². The molecule has 0 spiro atoms. The van der Waals surface area contributed by atoms with Crippen LogP contribution in [0.15, 0.2) is 61.3 Å². The van der Waals surface area contributed by atoms with E-state index in [2.05, 4.69) is 25.4 Å². The van der Waals surface area contributed by atoms with Gasteiger partial charge in [0, 0.05) is 22.6 Å². The number of nitrogens with zero attached hydrogens (tertiary/aromatic N) is 6. The van der Waals surface area contributed by atoms with Crippen molar-refractivity contribution in [2.24, 2.45) is 0 Å². The quantitative estimate of drug-likeness (QED) is 0.361. The Morgan fingerprint density at radius 3 is 2.62 bits per heavy atom. The summed E-state index contributed by atoms with van der Waals surface area (Å²) in [5, 5.41) is 18.0. The van der Waals surface area contributed by atoms with Crippen molar-refractivity contribution in [3.8, 4) is 0 Å². The van der Waals surface area contributed by atoms with E-state index in [1.165, 1.54) is 12.5 Å². The molecule has 170 valence electrons. The molecular weight excluding hydrogens is 453 g/mol. The van der Waals surface area contributed by atoms with Gasteiger partial charge in [-0.05, 0) is 55.3 Å². The topological polar surface area (TPSA) is 128 Å². The lowest BCUT2D eigenvalue weighted by molar-refractivity contribution is 0.194. The summed E-state index contributed by atoms with van der Waals surface area (Å²) in [5.74, 6) is 0.547. The Balaban J connectivity index is 1.45. The van der Waals surface area contributed by atoms with Gasteiger partial charge in [0.1, 0.15) is 19.8 Å². The zero-order valence-corrected chi connectivity index (χ0v) is 19.2. The van der Waals surface area contributed by atoms with Crippen molar-refractivity contribution >= 4 is 64.4 Å². The first-order valence-electron chi connectivity index (χ1n) is 10.3. The highest BCUT2D eigenvalue weighted by Gasteiger charge is 2.13. The minimum atomic E-state index is -2.32. The molecule has 3 heterocycles. The molecule has 0 saturated carbocycles. The normalized spacial score (nSPS) is 12.1. The third-order valence-electron chi connectivity index (χ3n) is 5.35. The number of hydrogen-bond donors (Lipinski definition) is 2. The molecule has 0 aliphatic carbocycles. The summed E-state index contributed by atoms with van der Waals surface area (Å²) in [6, 6.07) is 12.8. The van der Waals surface area contributed by atoms with Gasteiger partial charge in [-0.3, -0.25) is 4.57 Å². The summed E-state index contributed by atoms with van der Waals surface area (Å²) in [6.45, 7) is 3.48. The van der Waals surface area contributed by atoms with Crippen LogP contribution in [0.5, 0.6) is 0 Å². The van der Waals surface area contributed by atoms with Gasteiger partial charge in [-0.1, -0.05) is 12.1 Å². The largest absolute Gasteiger partial charge is 0.463 e. The SMILES string of the molecule is CP(C)(=O)c1ccc(Nc2ncnc3c2ncn3C=Cc2cccc3c2cnn3C(=O)O)cc1. The van der Waals surface area contributed by atoms with E-state index in [1.807, 2.05) is 36.4 Å². The van der Waals surface area contributed by atoms with Gasteiger partial charge in [0.15, 0.2) is 17.0 Å². The molecule has 2 N–H and O–H groups in total. The van der Waals surface area contributed by atoms with E-state index in [1.54, 1.807) is 42.6 Å². The maximum atomic E-state index is 12.2. The van der Waals surface area contributed by atoms with E-state index < -0.39 is 13.2 Å². The van der Waals surface area contributed by atoms with Gasteiger partial charge in [-0.2, -0.15) is 9.78 Å². The third-order valence-corrected chi connectivity index (χ3v) is 6.90. The van der Waals surface area contributed by atoms with Crippen LogP contribution in [0.1, 0.15) is 5.56 Å². The highest BCUT2D eigenvalue weighted by atomic mass is 31.2. The lowest BCUT2D eigenvalue weighted by Crippen LogP contribution is -2.08. The van der Waals surface area contributed by atoms with Crippen LogP contribution in [0.3, 0.4) is 0 Å². The smallest absolute Gasteiger partial charge is 0.432 e. The number of carboxylic acid groups (broad SMARTS) is 1. The van der Waals surface area contributed by atoms with Crippen LogP contribution in [0.4, 0.5) is 16.3 Å². The zero-order valence-electron chi connectivity index (χ0n) is 18.3. The molecule has 0 bridgehead atoms. The van der Waals surface area contributed by atoms with Crippen molar-refractivity contribution in [3.63, 3.8) is 0 Å². The first-order chi connectivity index (χ1) is 16.3. The number of imidazole rings is 1. The minimum absolute atomic E-state index is 0.507. The number of nitrogens with one attached hydrogen (secondary N) is 1. The van der Waals surface area contributed by atoms with Gasteiger partial charge in [-0.25, -0.2) is 19.7 Å². The molecule has 5 aromatic rings. The fourth-order valence-corrected chi connectivity index (χ4v) is 4.49. The minimum Gasteiger partial charge on any atom is -0.463 e. The Morgan fingerprint density at radius 1 is 1.09 bits per heavy atom. The predicted octanol–water partition coefficient (Wildman–Crippen LogP) is 4.32. The van der Waals surface area contributed by atoms with Crippen molar-refractivity contribution < 1.29 is 14.5 Å². The summed E-state index contributed by atoms with van der Waals surface area (Å²) in [4.78, 5) is 24.5. The molecule has 5 rings (SSSR count). The Bertz CT molecular complexity index is 1610. The van der Waals surface area contributed by atoms with Crippen LogP contribution in [0, 0.1) is 0 Å². The van der Waals surface area contributed by atoms with Gasteiger partial charge >= 0.3 is 6.09 Å². The van der Waals surface area contributed by atoms with Crippen LogP contribution < -0.4 is 10.6 Å². The monoisotopic (exact) mass is 473 g/mol. The van der Waals surface area contributed by atoms with E-state index in [0.717, 1.165) is 26.6 Å². The standard InChI is InChI=1S/C23H20N7O3P/c1-34(2,33)17-8-6-16(7-9-17)28-21-20-22(25-13-24-21)29(14-26-20)11-10-15-4-3-5-19-18(15)12-27-30(19)23(31)32/h3-14H,1-2H3,(H,31,32)(H,24,25,28). The van der Waals surface area contributed by atoms with E-state index in [-0.39, 0.29) is 0 Å². The highest BCUT2D eigenvalue weighted by Crippen LogP contribution is 2.35. The lowest BCUT2D eigenvalue weighted by atomic mass is 10.1. The lowest BCUT2D eigenvalue weighted by Gasteiger charge is -2.09. The van der Waals surface area contributed by atoms with Crippen LogP contribution >= 0.6 is 7.14 Å². The summed E-state index contributed by atoms with van der Waals surface area (Å²) in [5.41, 5.74) is 3.30. The second-order valence-corrected chi connectivity index (χ2v) is 11.2. The second-order valence-electron chi connectivity index (χ2n) is 8.00. The summed E-state index contributed by atoms with van der Waals surface area (Å²) in [7, 11) is -2.32. The molecular formula is C23H20N7O3P. The Kier molecular flexibility index (Phi) is 5.22. The predicted molar refractivity (Wildman–Crippen MR) is 133 cm³/mol. The van der Waals surface area contributed by atoms with Crippen LogP contribution in [-0.4, -0.2) is 53.8 Å². The summed E-state index contributed by atoms with van der Waals surface area (Å²) >= 11 is 0. The highest BCUT2D eigenvalue weighted by molar-refractivity contribution is 7.70. The van der Waals surface area contributed by atoms with Gasteiger partial charge in [-0.15, -0.1) is 0 Å². The van der Waals surface area contributed by atoms with Crippen molar-refractivity contribution in [1.29, 1.82) is 0 Å². The fraction of sp³-hybridized carbons (Fsp3) is 0.0870. The number of rotatable bonds is 5. The van der Waals surface area contributed by atoms with Gasteiger partial charge in [0.2, 0.25) is 0 Å². The Morgan fingerprint density at radius 2 is 1.88 bits per heavy atom. The van der Waals surface area contributed by atoms with Gasteiger partial charge < -0.3 is 15.0 Å². The first kappa shape index (κ1) is 21.5. The van der Waals surface area contributed by atoms with Crippen LogP contribution in [0.25, 0.3) is 34.3 Å². The maximum Gasteiger partial charge on any atom is 0.432 e. The summed E-state index contributed by atoms with van der Waals surface area (Å²) in [6.07, 6.45) is 7.12. The zero-order chi connectivity index (χ0) is 23.9. The van der Waals surface area contributed by atoms with Gasteiger partial charge in [0.05, 0.1) is 11.7 Å². The van der Waals surface area contributed by atoms with E-state index in [9.17, 15) is 14.5 Å². The van der Waals surface area contributed by atoms with Crippen molar-refractivity contribution in [2.45, 2.75) is 0 Å². The number of hydrogen-bond acceptors (Lipinski definition) is 7. The molecule has 0 aliphatic rings. The van der Waals surface area contributed by atoms with Crippen molar-refractivity contribution in [1.82, 2.24) is 29.3 Å². The maximum absolute atomic E-state index is 12.2. The average Bonchev–Trinajstić information content (AvgIpc) is 3.43. The molecule has 2 aromatic carbocycles. The molecule has 11 heteroatoms. The molecule has 0 atom stereocenters. The number of benzene rings is 2. The molecule has 0 fully saturated rings. The summed E-state index contributed by atoms with van der Waals surface area (Å²) < 4.78 is 14.9. The first-order valence-corrected chi connectivity index (χ1v) is 12.9. The van der Waals surface area contributed by atoms with Crippen molar-refractivity contribution in [3.05, 3.63) is 66.9 Å². The van der Waals surface area contributed by atoms with Crippen LogP contribution in [-0.2, 0) is 4.57 Å². The molecule has 0 amide bonds. The molecule has 3 aromatic heterocycles. The number of anilines is 2. The third kappa shape index (κ3) is 3.95. The number of fused-ring (bicyclic) bond motifs is 2. The molecule has 0 unspecified atom stereocenters. The fourth-order valence-electron chi connectivity index (χ4n) is 3.62. The van der Waals surface area contributed by atoms with E-state index >= 15 is 0 Å². The Labute approximate surface area is 194 Å². The molecule has 0 saturated heterocycles. The number of carbonyl (C=O) groups is 1. The molecule has 34 heavy (non-hydrogen) atoms. The molecule has 0 radical (unpaired) electrons. The molecule has 0 aliphatic heterocycles. The van der Waals surface area contributed by atoms with Crippen LogP contribution in [0.2, 0.25) is 0 Å².